The summed E-state index contributed by atoms with van der Waals surface area (Å²) in [6.07, 6.45) is 8.82. The van der Waals surface area contributed by atoms with E-state index in [2.05, 4.69) is 22.0 Å². The molecule has 2 saturated heterocycles. The predicted octanol–water partition coefficient (Wildman–Crippen LogP) is 1.85. The molecule has 1 unspecified atom stereocenters. The second kappa shape index (κ2) is 8.63. The van der Waals surface area contributed by atoms with Crippen molar-refractivity contribution in [2.75, 3.05) is 39.3 Å². The highest BCUT2D eigenvalue weighted by molar-refractivity contribution is 5.78. The summed E-state index contributed by atoms with van der Waals surface area (Å²) >= 11 is 0. The number of nitrogens with zero attached hydrogens (tertiary/aromatic N) is 2. The molecule has 1 atom stereocenters. The van der Waals surface area contributed by atoms with E-state index < -0.39 is 0 Å². The van der Waals surface area contributed by atoms with Crippen LogP contribution in [0.15, 0.2) is 0 Å². The number of rotatable bonds is 5. The summed E-state index contributed by atoms with van der Waals surface area (Å²) in [5.74, 6) is 0.340. The van der Waals surface area contributed by atoms with Crippen LogP contribution in [0.4, 0.5) is 0 Å². The molecule has 1 N–H and O–H groups in total. The number of amides is 1. The van der Waals surface area contributed by atoms with Gasteiger partial charge in [0.2, 0.25) is 5.91 Å². The van der Waals surface area contributed by atoms with Gasteiger partial charge in [-0.05, 0) is 38.8 Å². The van der Waals surface area contributed by atoms with Crippen molar-refractivity contribution < 1.29 is 4.79 Å². The van der Waals surface area contributed by atoms with Crippen LogP contribution in [0, 0.1) is 0 Å². The van der Waals surface area contributed by atoms with Gasteiger partial charge in [-0.15, -0.1) is 0 Å². The lowest BCUT2D eigenvalue weighted by Crippen LogP contribution is -2.45. The molecule has 2 rings (SSSR count). The molecule has 4 heteroatoms. The van der Waals surface area contributed by atoms with E-state index in [4.69, 9.17) is 0 Å². The second-order valence-corrected chi connectivity index (χ2v) is 6.27. The van der Waals surface area contributed by atoms with Gasteiger partial charge in [0.25, 0.3) is 0 Å². The van der Waals surface area contributed by atoms with Gasteiger partial charge in [-0.25, -0.2) is 0 Å². The molecular weight excluding hydrogens is 250 g/mol. The number of likely N-dealkylation sites (N-methyl/N-ethyl adjacent to an activating group) is 1. The van der Waals surface area contributed by atoms with Crippen LogP contribution in [0.5, 0.6) is 0 Å². The van der Waals surface area contributed by atoms with Gasteiger partial charge >= 0.3 is 0 Å². The fourth-order valence-electron chi connectivity index (χ4n) is 3.32. The lowest BCUT2D eigenvalue weighted by Gasteiger charge is -2.29. The Kier molecular flexibility index (Phi) is 6.80. The monoisotopic (exact) mass is 281 g/mol. The van der Waals surface area contributed by atoms with Gasteiger partial charge in [0.1, 0.15) is 0 Å². The Morgan fingerprint density at radius 2 is 1.85 bits per heavy atom. The van der Waals surface area contributed by atoms with Crippen LogP contribution < -0.4 is 5.32 Å². The molecule has 0 aliphatic carbocycles. The Labute approximate surface area is 123 Å². The standard InChI is InChI=1S/C16H31N3O/c1-2-18(13-15-9-8-10-17-15)14-16(20)19-11-6-4-3-5-7-12-19/h15,17H,2-14H2,1H3. The summed E-state index contributed by atoms with van der Waals surface area (Å²) in [7, 11) is 0. The minimum absolute atomic E-state index is 0.340. The molecule has 2 fully saturated rings. The van der Waals surface area contributed by atoms with Gasteiger partial charge in [0.15, 0.2) is 0 Å². The maximum Gasteiger partial charge on any atom is 0.236 e. The Morgan fingerprint density at radius 3 is 2.45 bits per heavy atom. The van der Waals surface area contributed by atoms with Gasteiger partial charge < -0.3 is 10.2 Å². The SMILES string of the molecule is CCN(CC(=O)N1CCCCCCC1)CC1CCCN1. The first kappa shape index (κ1) is 15.8. The van der Waals surface area contributed by atoms with Crippen LogP contribution in [-0.2, 0) is 4.79 Å². The van der Waals surface area contributed by atoms with Crippen molar-refractivity contribution in [2.24, 2.45) is 0 Å². The summed E-state index contributed by atoms with van der Waals surface area (Å²) in [6.45, 7) is 7.84. The van der Waals surface area contributed by atoms with Crippen molar-refractivity contribution >= 4 is 5.91 Å². The molecular formula is C16H31N3O. The van der Waals surface area contributed by atoms with Gasteiger partial charge in [-0.3, -0.25) is 9.69 Å². The lowest BCUT2D eigenvalue weighted by atomic mass is 10.1. The van der Waals surface area contributed by atoms with Crippen LogP contribution in [0.2, 0.25) is 0 Å². The van der Waals surface area contributed by atoms with Crippen molar-refractivity contribution in [1.82, 2.24) is 15.1 Å². The van der Waals surface area contributed by atoms with E-state index in [1.54, 1.807) is 0 Å². The van der Waals surface area contributed by atoms with Gasteiger partial charge in [-0.2, -0.15) is 0 Å². The zero-order valence-electron chi connectivity index (χ0n) is 13.1. The first-order chi connectivity index (χ1) is 9.79. The van der Waals surface area contributed by atoms with E-state index in [1.165, 1.54) is 44.9 Å². The number of carbonyl (C=O) groups excluding carboxylic acids is 1. The summed E-state index contributed by atoms with van der Waals surface area (Å²) in [5.41, 5.74) is 0. The molecule has 0 bridgehead atoms. The fourth-order valence-corrected chi connectivity index (χ4v) is 3.32. The maximum absolute atomic E-state index is 12.5. The maximum atomic E-state index is 12.5. The van der Waals surface area contributed by atoms with Crippen molar-refractivity contribution in [3.63, 3.8) is 0 Å². The van der Waals surface area contributed by atoms with Crippen LogP contribution >= 0.6 is 0 Å². The number of hydrogen-bond acceptors (Lipinski definition) is 3. The minimum atomic E-state index is 0.340. The highest BCUT2D eigenvalue weighted by atomic mass is 16.2. The summed E-state index contributed by atoms with van der Waals surface area (Å²) in [5, 5.41) is 3.53. The Balaban J connectivity index is 1.77. The lowest BCUT2D eigenvalue weighted by molar-refractivity contribution is -0.132. The molecule has 0 spiro atoms. The molecule has 1 amide bonds. The average molecular weight is 281 g/mol. The smallest absolute Gasteiger partial charge is 0.236 e. The number of likely N-dealkylation sites (tertiary alicyclic amines) is 1. The topological polar surface area (TPSA) is 35.6 Å². The molecule has 0 aromatic heterocycles. The zero-order valence-corrected chi connectivity index (χ0v) is 13.1. The second-order valence-electron chi connectivity index (χ2n) is 6.27. The third kappa shape index (κ3) is 5.06. The molecule has 116 valence electrons. The Morgan fingerprint density at radius 1 is 1.15 bits per heavy atom. The van der Waals surface area contributed by atoms with E-state index in [0.29, 0.717) is 18.5 Å². The Hall–Kier alpha value is -0.610. The first-order valence-electron chi connectivity index (χ1n) is 8.53. The zero-order chi connectivity index (χ0) is 14.2. The van der Waals surface area contributed by atoms with E-state index in [0.717, 1.165) is 32.7 Å². The fraction of sp³-hybridized carbons (Fsp3) is 0.938. The summed E-state index contributed by atoms with van der Waals surface area (Å²) < 4.78 is 0. The minimum Gasteiger partial charge on any atom is -0.342 e. The third-order valence-electron chi connectivity index (χ3n) is 4.66. The molecule has 0 saturated carbocycles. The molecule has 2 heterocycles. The summed E-state index contributed by atoms with van der Waals surface area (Å²) in [6, 6.07) is 0.593. The number of carbonyl (C=O) groups is 1. The average Bonchev–Trinajstić information content (AvgIpc) is 2.90. The number of nitrogens with one attached hydrogen (secondary N) is 1. The molecule has 0 radical (unpaired) electrons. The van der Waals surface area contributed by atoms with E-state index in [1.807, 2.05) is 0 Å². The largest absolute Gasteiger partial charge is 0.342 e. The van der Waals surface area contributed by atoms with Crippen LogP contribution in [-0.4, -0.2) is 61.0 Å². The highest BCUT2D eigenvalue weighted by Gasteiger charge is 2.21. The van der Waals surface area contributed by atoms with E-state index >= 15 is 0 Å². The van der Waals surface area contributed by atoms with Crippen LogP contribution in [0.1, 0.15) is 51.9 Å². The van der Waals surface area contributed by atoms with Crippen molar-refractivity contribution in [2.45, 2.75) is 57.9 Å². The van der Waals surface area contributed by atoms with Gasteiger partial charge in [-0.1, -0.05) is 26.2 Å². The molecule has 20 heavy (non-hydrogen) atoms. The number of hydrogen-bond donors (Lipinski definition) is 1. The van der Waals surface area contributed by atoms with Gasteiger partial charge in [0, 0.05) is 25.7 Å². The van der Waals surface area contributed by atoms with Crippen molar-refractivity contribution in [1.29, 1.82) is 0 Å². The molecule has 4 nitrogen and oxygen atoms in total. The normalized spacial score (nSPS) is 24.7. The summed E-state index contributed by atoms with van der Waals surface area (Å²) in [4.78, 5) is 16.9. The van der Waals surface area contributed by atoms with E-state index in [-0.39, 0.29) is 0 Å². The van der Waals surface area contributed by atoms with E-state index in [9.17, 15) is 4.79 Å². The molecule has 0 aromatic rings. The highest BCUT2D eigenvalue weighted by Crippen LogP contribution is 2.12. The third-order valence-corrected chi connectivity index (χ3v) is 4.66. The molecule has 2 aliphatic heterocycles. The van der Waals surface area contributed by atoms with Gasteiger partial charge in [0.05, 0.1) is 6.54 Å². The quantitative estimate of drug-likeness (QED) is 0.835. The predicted molar refractivity (Wildman–Crippen MR) is 82.8 cm³/mol. The molecule has 0 aromatic carbocycles. The van der Waals surface area contributed by atoms with Crippen LogP contribution in [0.25, 0.3) is 0 Å². The van der Waals surface area contributed by atoms with Crippen LogP contribution in [0.3, 0.4) is 0 Å². The Bertz CT molecular complexity index is 281. The molecule has 2 aliphatic rings. The van der Waals surface area contributed by atoms with Crippen molar-refractivity contribution in [3.05, 3.63) is 0 Å². The first-order valence-corrected chi connectivity index (χ1v) is 8.53. The van der Waals surface area contributed by atoms with Crippen molar-refractivity contribution in [3.8, 4) is 0 Å².